The summed E-state index contributed by atoms with van der Waals surface area (Å²) in [5, 5.41) is 4.01. The van der Waals surface area contributed by atoms with Gasteiger partial charge in [-0.2, -0.15) is 0 Å². The first-order valence-corrected chi connectivity index (χ1v) is 9.40. The standard InChI is InChI=1S/C21H16N2O2S/c24-20(15-12-14(15)18-9-5-11-25-18)22-16-7-2-1-6-13(16)21-23-17-8-3-4-10-19(17)26-21/h1-11,14-15H,12H2,(H,22,24). The number of amides is 1. The summed E-state index contributed by atoms with van der Waals surface area (Å²) in [6.45, 7) is 0. The van der Waals surface area contributed by atoms with Crippen LogP contribution in [0.25, 0.3) is 20.8 Å². The molecular weight excluding hydrogens is 344 g/mol. The molecule has 5 rings (SSSR count). The van der Waals surface area contributed by atoms with Gasteiger partial charge in [0.05, 0.1) is 22.2 Å². The smallest absolute Gasteiger partial charge is 0.228 e. The predicted molar refractivity (Wildman–Crippen MR) is 103 cm³/mol. The third-order valence-electron chi connectivity index (χ3n) is 4.75. The SMILES string of the molecule is O=C(Nc1ccccc1-c1nc2ccccc2s1)C1CC1c1ccco1. The van der Waals surface area contributed by atoms with E-state index in [-0.39, 0.29) is 17.7 Å². The number of hydrogen-bond acceptors (Lipinski definition) is 4. The number of para-hydroxylation sites is 2. The van der Waals surface area contributed by atoms with Crippen LogP contribution in [-0.2, 0) is 4.79 Å². The van der Waals surface area contributed by atoms with Gasteiger partial charge in [-0.25, -0.2) is 4.98 Å². The molecule has 1 amide bonds. The van der Waals surface area contributed by atoms with Crippen LogP contribution in [0.5, 0.6) is 0 Å². The van der Waals surface area contributed by atoms with Crippen molar-refractivity contribution >= 4 is 33.1 Å². The molecule has 128 valence electrons. The van der Waals surface area contributed by atoms with Gasteiger partial charge in [0, 0.05) is 17.4 Å². The van der Waals surface area contributed by atoms with Crippen molar-refractivity contribution in [3.8, 4) is 10.6 Å². The molecule has 0 radical (unpaired) electrons. The van der Waals surface area contributed by atoms with E-state index < -0.39 is 0 Å². The van der Waals surface area contributed by atoms with E-state index in [2.05, 4.69) is 11.4 Å². The van der Waals surface area contributed by atoms with Gasteiger partial charge in [0.15, 0.2) is 0 Å². The van der Waals surface area contributed by atoms with Crippen molar-refractivity contribution in [2.24, 2.45) is 5.92 Å². The molecule has 4 aromatic rings. The first kappa shape index (κ1) is 15.3. The molecule has 0 saturated heterocycles. The lowest BCUT2D eigenvalue weighted by Gasteiger charge is -2.09. The zero-order valence-corrected chi connectivity index (χ0v) is 14.7. The van der Waals surface area contributed by atoms with Crippen molar-refractivity contribution in [1.82, 2.24) is 4.98 Å². The number of thiazole rings is 1. The molecule has 2 aromatic heterocycles. The average Bonchev–Trinajstić information content (AvgIpc) is 3.08. The fraction of sp³-hybridized carbons (Fsp3) is 0.143. The lowest BCUT2D eigenvalue weighted by Crippen LogP contribution is -2.15. The van der Waals surface area contributed by atoms with E-state index in [0.717, 1.165) is 38.7 Å². The number of anilines is 1. The number of carbonyl (C=O) groups is 1. The van der Waals surface area contributed by atoms with Gasteiger partial charge < -0.3 is 9.73 Å². The van der Waals surface area contributed by atoms with Crippen LogP contribution < -0.4 is 5.32 Å². The Balaban J connectivity index is 1.41. The number of furan rings is 1. The number of nitrogens with zero attached hydrogens (tertiary/aromatic N) is 1. The van der Waals surface area contributed by atoms with Gasteiger partial charge in [-0.05, 0) is 42.8 Å². The highest BCUT2D eigenvalue weighted by Gasteiger charge is 2.45. The summed E-state index contributed by atoms with van der Waals surface area (Å²) in [5.41, 5.74) is 2.74. The number of aromatic nitrogens is 1. The second-order valence-corrected chi connectivity index (χ2v) is 7.52. The van der Waals surface area contributed by atoms with Crippen LogP contribution in [0.3, 0.4) is 0 Å². The van der Waals surface area contributed by atoms with Gasteiger partial charge in [0.25, 0.3) is 0 Å². The second-order valence-electron chi connectivity index (χ2n) is 6.49. The highest BCUT2D eigenvalue weighted by molar-refractivity contribution is 7.21. The van der Waals surface area contributed by atoms with Crippen LogP contribution in [0.4, 0.5) is 5.69 Å². The van der Waals surface area contributed by atoms with Crippen LogP contribution in [0.1, 0.15) is 18.1 Å². The predicted octanol–water partition coefficient (Wildman–Crippen LogP) is 5.30. The van der Waals surface area contributed by atoms with Gasteiger partial charge in [-0.15, -0.1) is 11.3 Å². The lowest BCUT2D eigenvalue weighted by molar-refractivity contribution is -0.117. The maximum atomic E-state index is 12.7. The summed E-state index contributed by atoms with van der Waals surface area (Å²) in [6, 6.07) is 19.7. The van der Waals surface area contributed by atoms with Crippen molar-refractivity contribution in [1.29, 1.82) is 0 Å². The third-order valence-corrected chi connectivity index (χ3v) is 5.81. The molecule has 0 bridgehead atoms. The summed E-state index contributed by atoms with van der Waals surface area (Å²) in [6.07, 6.45) is 2.49. The fourth-order valence-corrected chi connectivity index (χ4v) is 4.30. The molecule has 26 heavy (non-hydrogen) atoms. The Morgan fingerprint density at radius 1 is 1.08 bits per heavy atom. The zero-order valence-electron chi connectivity index (χ0n) is 13.9. The third kappa shape index (κ3) is 2.70. The number of benzene rings is 2. The Morgan fingerprint density at radius 2 is 1.92 bits per heavy atom. The molecular formula is C21H16N2O2S. The molecule has 2 unspecified atom stereocenters. The zero-order chi connectivity index (χ0) is 17.5. The lowest BCUT2D eigenvalue weighted by atomic mass is 10.1. The van der Waals surface area contributed by atoms with Gasteiger partial charge in [0.1, 0.15) is 10.8 Å². The molecule has 0 spiro atoms. The minimum Gasteiger partial charge on any atom is -0.469 e. The molecule has 1 aliphatic rings. The summed E-state index contributed by atoms with van der Waals surface area (Å²) >= 11 is 1.64. The molecule has 1 saturated carbocycles. The Bertz CT molecular complexity index is 1050. The van der Waals surface area contributed by atoms with Crippen molar-refractivity contribution in [3.05, 3.63) is 72.7 Å². The average molecular weight is 360 g/mol. The fourth-order valence-electron chi connectivity index (χ4n) is 3.29. The largest absolute Gasteiger partial charge is 0.469 e. The Kier molecular flexibility index (Phi) is 3.60. The molecule has 1 fully saturated rings. The van der Waals surface area contributed by atoms with Crippen LogP contribution >= 0.6 is 11.3 Å². The number of hydrogen-bond donors (Lipinski definition) is 1. The maximum Gasteiger partial charge on any atom is 0.228 e. The number of carbonyl (C=O) groups excluding carboxylic acids is 1. The van der Waals surface area contributed by atoms with E-state index >= 15 is 0 Å². The maximum absolute atomic E-state index is 12.7. The van der Waals surface area contributed by atoms with E-state index in [1.807, 2.05) is 54.6 Å². The first-order valence-electron chi connectivity index (χ1n) is 8.59. The Labute approximate surface area is 154 Å². The number of fused-ring (bicyclic) bond motifs is 1. The van der Waals surface area contributed by atoms with Crippen LogP contribution in [0, 0.1) is 5.92 Å². The monoisotopic (exact) mass is 360 g/mol. The van der Waals surface area contributed by atoms with Crippen molar-refractivity contribution in [3.63, 3.8) is 0 Å². The van der Waals surface area contributed by atoms with Crippen LogP contribution in [-0.4, -0.2) is 10.9 Å². The molecule has 2 heterocycles. The van der Waals surface area contributed by atoms with E-state index in [9.17, 15) is 4.79 Å². The molecule has 4 nitrogen and oxygen atoms in total. The molecule has 2 atom stereocenters. The molecule has 2 aromatic carbocycles. The highest BCUT2D eigenvalue weighted by Crippen LogP contribution is 2.48. The van der Waals surface area contributed by atoms with E-state index in [1.54, 1.807) is 17.6 Å². The van der Waals surface area contributed by atoms with Crippen molar-refractivity contribution in [2.45, 2.75) is 12.3 Å². The van der Waals surface area contributed by atoms with Gasteiger partial charge in [0.2, 0.25) is 5.91 Å². The van der Waals surface area contributed by atoms with Crippen LogP contribution in [0.15, 0.2) is 71.3 Å². The van der Waals surface area contributed by atoms with E-state index in [1.165, 1.54) is 0 Å². The quantitative estimate of drug-likeness (QED) is 0.537. The Morgan fingerprint density at radius 3 is 2.77 bits per heavy atom. The second kappa shape index (κ2) is 6.11. The number of rotatable bonds is 4. The van der Waals surface area contributed by atoms with E-state index in [0.29, 0.717) is 0 Å². The molecule has 1 aliphatic carbocycles. The minimum absolute atomic E-state index is 0.0235. The first-order chi connectivity index (χ1) is 12.8. The molecule has 5 heteroatoms. The summed E-state index contributed by atoms with van der Waals surface area (Å²) < 4.78 is 6.57. The number of nitrogens with one attached hydrogen (secondary N) is 1. The van der Waals surface area contributed by atoms with Crippen molar-refractivity contribution < 1.29 is 9.21 Å². The summed E-state index contributed by atoms with van der Waals surface area (Å²) in [4.78, 5) is 17.4. The highest BCUT2D eigenvalue weighted by atomic mass is 32.1. The van der Waals surface area contributed by atoms with E-state index in [4.69, 9.17) is 9.40 Å². The van der Waals surface area contributed by atoms with Crippen LogP contribution in [0.2, 0.25) is 0 Å². The topological polar surface area (TPSA) is 55.1 Å². The normalized spacial score (nSPS) is 18.8. The molecule has 0 aliphatic heterocycles. The summed E-state index contributed by atoms with van der Waals surface area (Å²) in [5.74, 6) is 1.11. The van der Waals surface area contributed by atoms with Gasteiger partial charge in [-0.3, -0.25) is 4.79 Å². The minimum atomic E-state index is -0.0235. The van der Waals surface area contributed by atoms with Gasteiger partial charge >= 0.3 is 0 Å². The molecule has 1 N–H and O–H groups in total. The Hall–Kier alpha value is -2.92. The van der Waals surface area contributed by atoms with Gasteiger partial charge in [-0.1, -0.05) is 24.3 Å². The summed E-state index contributed by atoms with van der Waals surface area (Å²) in [7, 11) is 0. The van der Waals surface area contributed by atoms with Crippen molar-refractivity contribution in [2.75, 3.05) is 5.32 Å².